The molecule has 4 nitrogen and oxygen atoms in total. The molecule has 0 aliphatic rings. The van der Waals surface area contributed by atoms with E-state index in [0.717, 1.165) is 24.4 Å². The van der Waals surface area contributed by atoms with Gasteiger partial charge in [0.05, 0.1) is 0 Å². The number of benzene rings is 1. The van der Waals surface area contributed by atoms with Crippen LogP contribution in [0.15, 0.2) is 40.0 Å². The maximum Gasteiger partial charge on any atom is 0.282 e. The topological polar surface area (TPSA) is 59.1 Å². The zero-order chi connectivity index (χ0) is 14.9. The third kappa shape index (κ3) is 2.93. The fourth-order valence-corrected chi connectivity index (χ4v) is 2.88. The molecular weight excluding hydrogens is 361 g/mol. The number of hydrogen-bond donors (Lipinski definition) is 1. The van der Waals surface area contributed by atoms with Crippen LogP contribution in [0.1, 0.15) is 0 Å². The monoisotopic (exact) mass is 366 g/mol. The third-order valence-electron chi connectivity index (χ3n) is 2.22. The fraction of sp³-hybridized carbons (Fsp3) is 0. The molecule has 1 N–H and O–H groups in total. The first-order valence-corrected chi connectivity index (χ1v) is 7.37. The summed E-state index contributed by atoms with van der Waals surface area (Å²) >= 11 is 2.85. The van der Waals surface area contributed by atoms with Gasteiger partial charge >= 0.3 is 0 Å². The second-order valence-corrected chi connectivity index (χ2v) is 6.15. The number of nitrogens with one attached hydrogen (secondary N) is 1. The smallest absolute Gasteiger partial charge is 0.272 e. The molecule has 20 heavy (non-hydrogen) atoms. The Morgan fingerprint density at radius 2 is 1.70 bits per heavy atom. The van der Waals surface area contributed by atoms with Gasteiger partial charge in [0.2, 0.25) is 5.03 Å². The Morgan fingerprint density at radius 1 is 1.10 bits per heavy atom. The highest BCUT2D eigenvalue weighted by molar-refractivity contribution is 9.10. The lowest BCUT2D eigenvalue weighted by Gasteiger charge is -2.10. The van der Waals surface area contributed by atoms with Crippen LogP contribution in [0.25, 0.3) is 0 Å². The number of aromatic nitrogens is 1. The minimum absolute atomic E-state index is 0.0967. The summed E-state index contributed by atoms with van der Waals surface area (Å²) < 4.78 is 65.9. The first-order valence-electron chi connectivity index (χ1n) is 5.09. The Labute approximate surface area is 120 Å². The Morgan fingerprint density at radius 3 is 2.25 bits per heavy atom. The molecule has 0 aliphatic carbocycles. The molecular formula is C11H6BrF3N2O2S. The number of hydrogen-bond acceptors (Lipinski definition) is 3. The minimum Gasteiger partial charge on any atom is -0.272 e. The van der Waals surface area contributed by atoms with Crippen molar-refractivity contribution in [2.75, 3.05) is 4.72 Å². The van der Waals surface area contributed by atoms with Gasteiger partial charge in [-0.2, -0.15) is 8.42 Å². The summed E-state index contributed by atoms with van der Waals surface area (Å²) in [5, 5.41) is -0.943. The average Bonchev–Trinajstić information content (AvgIpc) is 2.34. The lowest BCUT2D eigenvalue weighted by atomic mass is 10.3. The van der Waals surface area contributed by atoms with Crippen molar-refractivity contribution in [3.05, 3.63) is 52.4 Å². The highest BCUT2D eigenvalue weighted by Crippen LogP contribution is 2.26. The number of nitrogens with zero attached hydrogens (tertiary/aromatic N) is 1. The van der Waals surface area contributed by atoms with Gasteiger partial charge in [0.1, 0.15) is 5.69 Å². The van der Waals surface area contributed by atoms with Crippen LogP contribution in [0, 0.1) is 17.5 Å². The third-order valence-corrected chi connectivity index (χ3v) is 3.96. The predicted molar refractivity (Wildman–Crippen MR) is 69.1 cm³/mol. The SMILES string of the molecule is O=S(=O)(Nc1c(F)cc(Br)cc1F)c1ncccc1F. The van der Waals surface area contributed by atoms with E-state index >= 15 is 0 Å². The molecule has 1 aromatic heterocycles. The van der Waals surface area contributed by atoms with Crippen molar-refractivity contribution in [3.63, 3.8) is 0 Å². The van der Waals surface area contributed by atoms with E-state index in [-0.39, 0.29) is 4.47 Å². The fourth-order valence-electron chi connectivity index (χ4n) is 1.39. The summed E-state index contributed by atoms with van der Waals surface area (Å²) in [6, 6.07) is 3.80. The first kappa shape index (κ1) is 14.8. The first-order chi connectivity index (χ1) is 9.31. The predicted octanol–water partition coefficient (Wildman–Crippen LogP) is 3.06. The number of halogens is 4. The van der Waals surface area contributed by atoms with Crippen molar-refractivity contribution in [1.29, 1.82) is 0 Å². The summed E-state index contributed by atoms with van der Waals surface area (Å²) in [7, 11) is -4.53. The van der Waals surface area contributed by atoms with Crippen molar-refractivity contribution >= 4 is 31.6 Å². The maximum absolute atomic E-state index is 13.5. The molecule has 0 spiro atoms. The van der Waals surface area contributed by atoms with Gasteiger partial charge in [0, 0.05) is 10.7 Å². The second-order valence-electron chi connectivity index (χ2n) is 3.64. The van der Waals surface area contributed by atoms with Crippen LogP contribution >= 0.6 is 15.9 Å². The molecule has 0 saturated heterocycles. The van der Waals surface area contributed by atoms with Gasteiger partial charge in [-0.05, 0) is 24.3 Å². The van der Waals surface area contributed by atoms with Crippen LogP contribution in [-0.2, 0) is 10.0 Å². The van der Waals surface area contributed by atoms with Gasteiger partial charge < -0.3 is 0 Å². The number of pyridine rings is 1. The lowest BCUT2D eigenvalue weighted by Crippen LogP contribution is -2.18. The number of rotatable bonds is 3. The van der Waals surface area contributed by atoms with Crippen LogP contribution < -0.4 is 4.72 Å². The van der Waals surface area contributed by atoms with Crippen LogP contribution in [0.4, 0.5) is 18.9 Å². The normalized spacial score (nSPS) is 11.4. The van der Waals surface area contributed by atoms with Crippen molar-refractivity contribution in [1.82, 2.24) is 4.98 Å². The summed E-state index contributed by atoms with van der Waals surface area (Å²) in [6.45, 7) is 0. The van der Waals surface area contributed by atoms with Crippen molar-refractivity contribution in [3.8, 4) is 0 Å². The number of sulfonamides is 1. The summed E-state index contributed by atoms with van der Waals surface area (Å²) in [5.41, 5.74) is -0.904. The minimum atomic E-state index is -4.53. The molecule has 0 aliphatic heterocycles. The van der Waals surface area contributed by atoms with E-state index in [1.54, 1.807) is 4.72 Å². The molecule has 0 radical (unpaired) electrons. The molecule has 9 heteroatoms. The van der Waals surface area contributed by atoms with Crippen LogP contribution in [0.5, 0.6) is 0 Å². The molecule has 106 valence electrons. The molecule has 0 bridgehead atoms. The van der Waals surface area contributed by atoms with E-state index in [1.165, 1.54) is 6.07 Å². The van der Waals surface area contributed by atoms with Crippen LogP contribution in [0.3, 0.4) is 0 Å². The standard InChI is InChI=1S/C11H6BrF3N2O2S/c12-6-4-8(14)10(9(15)5-6)17-20(18,19)11-7(13)2-1-3-16-11/h1-5,17H. The van der Waals surface area contributed by atoms with Gasteiger partial charge in [-0.1, -0.05) is 15.9 Å². The average molecular weight is 367 g/mol. The molecule has 0 amide bonds. The van der Waals surface area contributed by atoms with Gasteiger partial charge in [-0.3, -0.25) is 4.72 Å². The largest absolute Gasteiger partial charge is 0.282 e. The molecule has 0 saturated carbocycles. The molecule has 2 rings (SSSR count). The Balaban J connectivity index is 2.47. The zero-order valence-corrected chi connectivity index (χ0v) is 12.0. The van der Waals surface area contributed by atoms with Crippen molar-refractivity contribution in [2.24, 2.45) is 0 Å². The van der Waals surface area contributed by atoms with Crippen molar-refractivity contribution in [2.45, 2.75) is 5.03 Å². The zero-order valence-electron chi connectivity index (χ0n) is 9.57. The summed E-state index contributed by atoms with van der Waals surface area (Å²) in [4.78, 5) is 3.34. The van der Waals surface area contributed by atoms with Gasteiger partial charge in [-0.15, -0.1) is 0 Å². The van der Waals surface area contributed by atoms with Crippen LogP contribution in [-0.4, -0.2) is 13.4 Å². The Kier molecular flexibility index (Phi) is 4.00. The van der Waals surface area contributed by atoms with E-state index in [9.17, 15) is 21.6 Å². The lowest BCUT2D eigenvalue weighted by molar-refractivity contribution is 0.554. The van der Waals surface area contributed by atoms with Gasteiger partial charge in [0.25, 0.3) is 10.0 Å². The molecule has 1 heterocycles. The Hall–Kier alpha value is -1.61. The molecule has 0 unspecified atom stereocenters. The summed E-state index contributed by atoms with van der Waals surface area (Å²) in [6.07, 6.45) is 1.05. The highest BCUT2D eigenvalue weighted by Gasteiger charge is 2.24. The van der Waals surface area contributed by atoms with E-state index in [4.69, 9.17) is 0 Å². The second kappa shape index (κ2) is 5.41. The molecule has 1 aromatic carbocycles. The van der Waals surface area contributed by atoms with Crippen molar-refractivity contribution < 1.29 is 21.6 Å². The Bertz CT molecular complexity index is 745. The van der Waals surface area contributed by atoms with E-state index in [0.29, 0.717) is 0 Å². The molecule has 0 atom stereocenters. The van der Waals surface area contributed by atoms with E-state index in [1.807, 2.05) is 0 Å². The summed E-state index contributed by atoms with van der Waals surface area (Å²) in [5.74, 6) is -3.41. The van der Waals surface area contributed by atoms with E-state index < -0.39 is 38.2 Å². The van der Waals surface area contributed by atoms with E-state index in [2.05, 4.69) is 20.9 Å². The molecule has 0 fully saturated rings. The van der Waals surface area contributed by atoms with Crippen LogP contribution in [0.2, 0.25) is 0 Å². The number of anilines is 1. The molecule has 2 aromatic rings. The van der Waals surface area contributed by atoms with Gasteiger partial charge in [0.15, 0.2) is 17.5 Å². The maximum atomic E-state index is 13.5. The highest BCUT2D eigenvalue weighted by atomic mass is 79.9. The van der Waals surface area contributed by atoms with Gasteiger partial charge in [-0.25, -0.2) is 18.2 Å². The quantitative estimate of drug-likeness (QED) is 0.907.